The number of thioether (sulfide) groups is 1. The zero-order valence-corrected chi connectivity index (χ0v) is 11.2. The lowest BCUT2D eigenvalue weighted by Crippen LogP contribution is -1.93. The molecule has 0 spiro atoms. The third-order valence-corrected chi connectivity index (χ3v) is 3.68. The maximum absolute atomic E-state index is 4.41. The average Bonchev–Trinajstić information content (AvgIpc) is 2.60. The Morgan fingerprint density at radius 2 is 1.81 bits per heavy atom. The van der Waals surface area contributed by atoms with Gasteiger partial charge in [0.2, 0.25) is 0 Å². The molecule has 84 valence electrons. The first-order valence-corrected chi connectivity index (χ1v) is 6.86. The number of aromatic nitrogens is 3. The van der Waals surface area contributed by atoms with E-state index in [-0.39, 0.29) is 0 Å². The van der Waals surface area contributed by atoms with Crippen LogP contribution in [-0.2, 0) is 5.75 Å². The molecule has 5 heteroatoms. The fraction of sp³-hybridized carbons (Fsp3) is 0.364. The molecule has 2 heterocycles. The van der Waals surface area contributed by atoms with E-state index < -0.39 is 0 Å². The summed E-state index contributed by atoms with van der Waals surface area (Å²) in [5.74, 6) is 0.841. The van der Waals surface area contributed by atoms with E-state index in [1.807, 2.05) is 26.8 Å². The van der Waals surface area contributed by atoms with Gasteiger partial charge < -0.3 is 0 Å². The maximum atomic E-state index is 4.41. The maximum Gasteiger partial charge on any atom is 0.188 e. The van der Waals surface area contributed by atoms with Crippen LogP contribution in [0, 0.1) is 20.8 Å². The van der Waals surface area contributed by atoms with Crippen LogP contribution in [0.15, 0.2) is 16.6 Å². The van der Waals surface area contributed by atoms with Crippen molar-refractivity contribution < 1.29 is 0 Å². The van der Waals surface area contributed by atoms with Crippen LogP contribution in [0.5, 0.6) is 0 Å². The first-order chi connectivity index (χ1) is 7.63. The molecule has 0 bridgehead atoms. The number of nitrogens with zero attached hydrogens (tertiary/aromatic N) is 3. The van der Waals surface area contributed by atoms with Gasteiger partial charge >= 0.3 is 0 Å². The first-order valence-electron chi connectivity index (χ1n) is 4.99. The quantitative estimate of drug-likeness (QED) is 0.620. The molecule has 0 unspecified atom stereocenters. The zero-order chi connectivity index (χ0) is 11.5. The van der Waals surface area contributed by atoms with Crippen molar-refractivity contribution in [3.63, 3.8) is 0 Å². The minimum Gasteiger partial charge on any atom is -0.246 e. The Labute approximate surface area is 103 Å². The molecular weight excluding hydrogens is 238 g/mol. The smallest absolute Gasteiger partial charge is 0.188 e. The van der Waals surface area contributed by atoms with E-state index in [9.17, 15) is 0 Å². The molecule has 0 aliphatic carbocycles. The molecule has 2 aromatic heterocycles. The molecule has 0 fully saturated rings. The summed E-state index contributed by atoms with van der Waals surface area (Å²) in [6.07, 6.45) is 0. The summed E-state index contributed by atoms with van der Waals surface area (Å²) < 4.78 is 0. The molecule has 0 saturated heterocycles. The number of thiazole rings is 1. The van der Waals surface area contributed by atoms with Crippen molar-refractivity contribution in [2.75, 3.05) is 0 Å². The second-order valence-electron chi connectivity index (χ2n) is 3.58. The highest BCUT2D eigenvalue weighted by molar-refractivity contribution is 7.98. The Hall–Kier alpha value is -0.940. The predicted octanol–water partition coefficient (Wildman–Crippen LogP) is 3.15. The van der Waals surface area contributed by atoms with Crippen LogP contribution in [0.25, 0.3) is 0 Å². The minimum absolute atomic E-state index is 0.836. The van der Waals surface area contributed by atoms with Gasteiger partial charge in [0.15, 0.2) is 5.16 Å². The lowest BCUT2D eigenvalue weighted by Gasteiger charge is -2.01. The van der Waals surface area contributed by atoms with Crippen molar-refractivity contribution in [1.82, 2.24) is 15.0 Å². The van der Waals surface area contributed by atoms with Crippen molar-refractivity contribution in [2.45, 2.75) is 31.7 Å². The number of aryl methyl sites for hydroxylation is 3. The second-order valence-corrected chi connectivity index (χ2v) is 5.58. The zero-order valence-electron chi connectivity index (χ0n) is 9.52. The summed E-state index contributed by atoms with van der Waals surface area (Å²) >= 11 is 3.32. The van der Waals surface area contributed by atoms with Crippen molar-refractivity contribution in [3.8, 4) is 0 Å². The summed E-state index contributed by atoms with van der Waals surface area (Å²) in [6.45, 7) is 6.00. The van der Waals surface area contributed by atoms with Crippen molar-refractivity contribution in [3.05, 3.63) is 33.5 Å². The van der Waals surface area contributed by atoms with Crippen molar-refractivity contribution >= 4 is 23.1 Å². The monoisotopic (exact) mass is 251 g/mol. The number of hydrogen-bond acceptors (Lipinski definition) is 5. The van der Waals surface area contributed by atoms with Gasteiger partial charge in [0.05, 0.1) is 10.7 Å². The van der Waals surface area contributed by atoms with Gasteiger partial charge in [-0.15, -0.1) is 11.3 Å². The molecule has 0 aromatic carbocycles. The Bertz CT molecular complexity index is 473. The van der Waals surface area contributed by atoms with Crippen LogP contribution < -0.4 is 0 Å². The molecular formula is C11H13N3S2. The van der Waals surface area contributed by atoms with Gasteiger partial charge in [0.1, 0.15) is 0 Å². The third-order valence-electron chi connectivity index (χ3n) is 1.98. The SMILES string of the molecule is Cc1cc(C)nc(SCc2csc(C)n2)n1. The molecule has 0 radical (unpaired) electrons. The van der Waals surface area contributed by atoms with Gasteiger partial charge in [-0.05, 0) is 26.8 Å². The van der Waals surface area contributed by atoms with Crippen LogP contribution in [0.1, 0.15) is 22.1 Å². The normalized spacial score (nSPS) is 10.7. The molecule has 0 aliphatic heterocycles. The Morgan fingerprint density at radius 3 is 2.38 bits per heavy atom. The van der Waals surface area contributed by atoms with E-state index in [1.54, 1.807) is 23.1 Å². The first kappa shape index (κ1) is 11.5. The molecule has 2 rings (SSSR count). The molecule has 16 heavy (non-hydrogen) atoms. The fourth-order valence-corrected chi connectivity index (χ4v) is 2.93. The molecule has 2 aromatic rings. The van der Waals surface area contributed by atoms with E-state index in [1.165, 1.54) is 0 Å². The van der Waals surface area contributed by atoms with Crippen molar-refractivity contribution in [1.29, 1.82) is 0 Å². The number of rotatable bonds is 3. The topological polar surface area (TPSA) is 38.7 Å². The lowest BCUT2D eigenvalue weighted by atomic mass is 10.4. The molecule has 0 aliphatic rings. The Balaban J connectivity index is 2.04. The van der Waals surface area contributed by atoms with Crippen LogP contribution in [0.2, 0.25) is 0 Å². The second kappa shape index (κ2) is 4.93. The summed E-state index contributed by atoms with van der Waals surface area (Å²) in [4.78, 5) is 13.2. The van der Waals surface area contributed by atoms with Gasteiger partial charge in [-0.25, -0.2) is 15.0 Å². The average molecular weight is 251 g/mol. The molecule has 0 amide bonds. The third kappa shape index (κ3) is 3.02. The predicted molar refractivity (Wildman–Crippen MR) is 67.9 cm³/mol. The van der Waals surface area contributed by atoms with E-state index in [0.717, 1.165) is 33.0 Å². The molecule has 3 nitrogen and oxygen atoms in total. The van der Waals surface area contributed by atoms with Crippen LogP contribution in [0.3, 0.4) is 0 Å². The highest BCUT2D eigenvalue weighted by Gasteiger charge is 2.03. The van der Waals surface area contributed by atoms with Crippen LogP contribution in [-0.4, -0.2) is 15.0 Å². The highest BCUT2D eigenvalue weighted by atomic mass is 32.2. The Morgan fingerprint density at radius 1 is 1.12 bits per heavy atom. The van der Waals surface area contributed by atoms with Gasteiger partial charge in [-0.1, -0.05) is 11.8 Å². The van der Waals surface area contributed by atoms with Gasteiger partial charge in [-0.2, -0.15) is 0 Å². The van der Waals surface area contributed by atoms with Crippen LogP contribution >= 0.6 is 23.1 Å². The minimum atomic E-state index is 0.836. The summed E-state index contributed by atoms with van der Waals surface area (Å²) in [7, 11) is 0. The van der Waals surface area contributed by atoms with Gasteiger partial charge in [-0.3, -0.25) is 0 Å². The standard InChI is InChI=1S/C11H13N3S2/c1-7-4-8(2)13-11(12-7)16-6-10-5-15-9(3)14-10/h4-5H,6H2,1-3H3. The Kier molecular flexibility index (Phi) is 3.56. The lowest BCUT2D eigenvalue weighted by molar-refractivity contribution is 0.901. The van der Waals surface area contributed by atoms with E-state index in [4.69, 9.17) is 0 Å². The highest BCUT2D eigenvalue weighted by Crippen LogP contribution is 2.20. The van der Waals surface area contributed by atoms with Gasteiger partial charge in [0.25, 0.3) is 0 Å². The number of hydrogen-bond donors (Lipinski definition) is 0. The largest absolute Gasteiger partial charge is 0.246 e. The summed E-state index contributed by atoms with van der Waals surface area (Å²) in [5, 5.41) is 4.03. The van der Waals surface area contributed by atoms with E-state index >= 15 is 0 Å². The summed E-state index contributed by atoms with van der Waals surface area (Å²) in [5.41, 5.74) is 3.14. The molecule has 0 atom stereocenters. The van der Waals surface area contributed by atoms with Crippen LogP contribution in [0.4, 0.5) is 0 Å². The molecule has 0 N–H and O–H groups in total. The van der Waals surface area contributed by atoms with Crippen molar-refractivity contribution in [2.24, 2.45) is 0 Å². The fourth-order valence-electron chi connectivity index (χ4n) is 1.37. The molecule has 0 saturated carbocycles. The van der Waals surface area contributed by atoms with E-state index in [0.29, 0.717) is 0 Å². The summed E-state index contributed by atoms with van der Waals surface area (Å²) in [6, 6.07) is 1.98. The van der Waals surface area contributed by atoms with E-state index in [2.05, 4.69) is 20.3 Å². The van der Waals surface area contributed by atoms with Gasteiger partial charge in [0, 0.05) is 22.5 Å².